The van der Waals surface area contributed by atoms with Crippen LogP contribution in [0.5, 0.6) is 11.5 Å². The average molecular weight is 319 g/mol. The molecule has 0 aromatic heterocycles. The molecule has 1 N–H and O–H groups in total. The van der Waals surface area contributed by atoms with Crippen LogP contribution in [0, 0.1) is 11.6 Å². The van der Waals surface area contributed by atoms with E-state index in [0.29, 0.717) is 5.76 Å². The minimum atomic E-state index is -0.840. The molecule has 0 saturated carbocycles. The van der Waals surface area contributed by atoms with Crippen molar-refractivity contribution in [2.75, 3.05) is 14.2 Å². The summed E-state index contributed by atoms with van der Waals surface area (Å²) in [4.78, 5) is 3.84. The lowest BCUT2D eigenvalue weighted by Crippen LogP contribution is -2.21. The molecule has 8 heteroatoms. The number of rotatable bonds is 5. The standard InChI is InChI=1S/C13H13ClF2N2O3/c1-19-9-3-10(20-2)12(16)8(11(9)15)6-21-7-4-17-13(14)18-5-7/h3-5,13,17H,6H2,1-2H3. The van der Waals surface area contributed by atoms with Gasteiger partial charge >= 0.3 is 0 Å². The van der Waals surface area contributed by atoms with Crippen LogP contribution in [0.25, 0.3) is 0 Å². The van der Waals surface area contributed by atoms with E-state index in [-0.39, 0.29) is 23.7 Å². The van der Waals surface area contributed by atoms with Gasteiger partial charge in [0.15, 0.2) is 34.5 Å². The molecule has 114 valence electrons. The van der Waals surface area contributed by atoms with Gasteiger partial charge in [-0.1, -0.05) is 11.6 Å². The molecule has 0 amide bonds. The highest BCUT2D eigenvalue weighted by Gasteiger charge is 2.20. The Kier molecular flexibility index (Phi) is 4.85. The average Bonchev–Trinajstić information content (AvgIpc) is 2.49. The molecule has 1 aliphatic rings. The third kappa shape index (κ3) is 3.36. The van der Waals surface area contributed by atoms with E-state index in [2.05, 4.69) is 10.3 Å². The molecular weight excluding hydrogens is 306 g/mol. The van der Waals surface area contributed by atoms with Gasteiger partial charge in [0.25, 0.3) is 0 Å². The van der Waals surface area contributed by atoms with Gasteiger partial charge in [0.2, 0.25) is 0 Å². The molecule has 5 nitrogen and oxygen atoms in total. The lowest BCUT2D eigenvalue weighted by atomic mass is 10.1. The van der Waals surface area contributed by atoms with Crippen molar-refractivity contribution in [3.05, 3.63) is 35.2 Å². The van der Waals surface area contributed by atoms with Crippen molar-refractivity contribution in [3.63, 3.8) is 0 Å². The number of ether oxygens (including phenoxy) is 3. The van der Waals surface area contributed by atoms with E-state index < -0.39 is 17.3 Å². The first-order valence-corrected chi connectivity index (χ1v) is 6.35. The Hall–Kier alpha value is -2.02. The van der Waals surface area contributed by atoms with Crippen molar-refractivity contribution in [2.45, 2.75) is 12.2 Å². The summed E-state index contributed by atoms with van der Waals surface area (Å²) in [5.74, 6) is -1.64. The Morgan fingerprint density at radius 1 is 1.24 bits per heavy atom. The predicted molar refractivity (Wildman–Crippen MR) is 73.6 cm³/mol. The Morgan fingerprint density at radius 2 is 1.86 bits per heavy atom. The first kappa shape index (κ1) is 15.4. The number of benzene rings is 1. The lowest BCUT2D eigenvalue weighted by Gasteiger charge is -2.15. The Balaban J connectivity index is 2.21. The van der Waals surface area contributed by atoms with Crippen LogP contribution >= 0.6 is 11.6 Å². The van der Waals surface area contributed by atoms with Crippen LogP contribution in [-0.2, 0) is 11.3 Å². The minimum Gasteiger partial charge on any atom is -0.494 e. The molecule has 1 aromatic carbocycles. The molecule has 1 unspecified atom stereocenters. The van der Waals surface area contributed by atoms with Crippen LogP contribution < -0.4 is 14.8 Å². The SMILES string of the molecule is COc1cc(OC)c(F)c(COC2=CNC(Cl)N=C2)c1F. The largest absolute Gasteiger partial charge is 0.494 e. The van der Waals surface area contributed by atoms with Gasteiger partial charge in [-0.15, -0.1) is 0 Å². The van der Waals surface area contributed by atoms with Crippen molar-refractivity contribution >= 4 is 17.8 Å². The van der Waals surface area contributed by atoms with Gasteiger partial charge in [0.1, 0.15) is 6.61 Å². The van der Waals surface area contributed by atoms with Crippen LogP contribution in [0.3, 0.4) is 0 Å². The highest BCUT2D eigenvalue weighted by molar-refractivity contribution is 6.20. The predicted octanol–water partition coefficient (Wildman–Crippen LogP) is 2.54. The van der Waals surface area contributed by atoms with Crippen molar-refractivity contribution in [1.29, 1.82) is 0 Å². The Labute approximate surface area is 125 Å². The van der Waals surface area contributed by atoms with Crippen LogP contribution in [-0.4, -0.2) is 26.1 Å². The number of nitrogens with zero attached hydrogens (tertiary/aromatic N) is 1. The normalized spacial score (nSPS) is 17.0. The maximum Gasteiger partial charge on any atom is 0.195 e. The maximum absolute atomic E-state index is 14.1. The summed E-state index contributed by atoms with van der Waals surface area (Å²) in [6, 6.07) is 1.13. The topological polar surface area (TPSA) is 52.1 Å². The van der Waals surface area contributed by atoms with E-state index in [1.165, 1.54) is 26.6 Å². The zero-order valence-electron chi connectivity index (χ0n) is 11.3. The molecule has 0 aliphatic carbocycles. The molecule has 0 bridgehead atoms. The summed E-state index contributed by atoms with van der Waals surface area (Å²) in [5, 5.41) is 2.69. The second-order valence-electron chi connectivity index (χ2n) is 4.00. The van der Waals surface area contributed by atoms with Gasteiger partial charge in [-0.05, 0) is 0 Å². The highest BCUT2D eigenvalue weighted by Crippen LogP contribution is 2.31. The number of hydrogen-bond acceptors (Lipinski definition) is 5. The van der Waals surface area contributed by atoms with Crippen LogP contribution in [0.2, 0.25) is 0 Å². The molecule has 1 heterocycles. The number of methoxy groups -OCH3 is 2. The van der Waals surface area contributed by atoms with E-state index in [0.717, 1.165) is 6.07 Å². The first-order chi connectivity index (χ1) is 10.1. The van der Waals surface area contributed by atoms with Crippen LogP contribution in [0.15, 0.2) is 23.0 Å². The summed E-state index contributed by atoms with van der Waals surface area (Å²) < 4.78 is 43.1. The van der Waals surface area contributed by atoms with E-state index in [4.69, 9.17) is 25.8 Å². The molecule has 1 aliphatic heterocycles. The van der Waals surface area contributed by atoms with Crippen molar-refractivity contribution < 1.29 is 23.0 Å². The summed E-state index contributed by atoms with van der Waals surface area (Å²) in [5.41, 5.74) is -0.878. The summed E-state index contributed by atoms with van der Waals surface area (Å²) in [7, 11) is 2.56. The number of allylic oxidation sites excluding steroid dienone is 1. The molecule has 1 atom stereocenters. The second-order valence-corrected chi connectivity index (χ2v) is 4.42. The van der Waals surface area contributed by atoms with Crippen molar-refractivity contribution in [3.8, 4) is 11.5 Å². The van der Waals surface area contributed by atoms with Crippen LogP contribution in [0.1, 0.15) is 5.56 Å². The highest BCUT2D eigenvalue weighted by atomic mass is 35.5. The number of nitrogens with one attached hydrogen (secondary N) is 1. The van der Waals surface area contributed by atoms with Gasteiger partial charge in [0.05, 0.1) is 26.0 Å². The van der Waals surface area contributed by atoms with Gasteiger partial charge in [-0.25, -0.2) is 13.8 Å². The zero-order valence-corrected chi connectivity index (χ0v) is 12.1. The molecular formula is C13H13ClF2N2O3. The number of halogens is 3. The molecule has 21 heavy (non-hydrogen) atoms. The van der Waals surface area contributed by atoms with E-state index >= 15 is 0 Å². The second kappa shape index (κ2) is 6.62. The molecule has 0 saturated heterocycles. The van der Waals surface area contributed by atoms with E-state index in [1.807, 2.05) is 0 Å². The number of alkyl halides is 1. The third-order valence-electron chi connectivity index (χ3n) is 2.74. The molecule has 1 aromatic rings. The number of hydrogen-bond donors (Lipinski definition) is 1. The Morgan fingerprint density at radius 3 is 2.33 bits per heavy atom. The smallest absolute Gasteiger partial charge is 0.195 e. The molecule has 0 spiro atoms. The first-order valence-electron chi connectivity index (χ1n) is 5.92. The van der Waals surface area contributed by atoms with Gasteiger partial charge in [-0.3, -0.25) is 0 Å². The van der Waals surface area contributed by atoms with Gasteiger partial charge in [-0.2, -0.15) is 0 Å². The maximum atomic E-state index is 14.1. The molecule has 2 rings (SSSR count). The van der Waals surface area contributed by atoms with E-state index in [9.17, 15) is 8.78 Å². The fourth-order valence-corrected chi connectivity index (χ4v) is 1.79. The van der Waals surface area contributed by atoms with Crippen molar-refractivity contribution in [1.82, 2.24) is 5.32 Å². The summed E-state index contributed by atoms with van der Waals surface area (Å²) in [6.45, 7) is -0.349. The Bertz CT molecular complexity index is 565. The molecule has 0 radical (unpaired) electrons. The lowest BCUT2D eigenvalue weighted by molar-refractivity contribution is 0.204. The third-order valence-corrected chi connectivity index (χ3v) is 2.98. The fraction of sp³-hybridized carbons (Fsp3) is 0.308. The van der Waals surface area contributed by atoms with E-state index in [1.54, 1.807) is 0 Å². The summed E-state index contributed by atoms with van der Waals surface area (Å²) in [6.07, 6.45) is 2.82. The van der Waals surface area contributed by atoms with Crippen LogP contribution in [0.4, 0.5) is 8.78 Å². The monoisotopic (exact) mass is 318 g/mol. The zero-order chi connectivity index (χ0) is 15.4. The fourth-order valence-electron chi connectivity index (χ4n) is 1.67. The quantitative estimate of drug-likeness (QED) is 0.669. The number of aliphatic imine (C=N–C) groups is 1. The van der Waals surface area contributed by atoms with Gasteiger partial charge in [0, 0.05) is 12.3 Å². The summed E-state index contributed by atoms with van der Waals surface area (Å²) >= 11 is 5.67. The molecule has 0 fully saturated rings. The van der Waals surface area contributed by atoms with Gasteiger partial charge < -0.3 is 19.5 Å². The minimum absolute atomic E-state index is 0.128. The van der Waals surface area contributed by atoms with Crippen molar-refractivity contribution in [2.24, 2.45) is 4.99 Å².